The van der Waals surface area contributed by atoms with Gasteiger partial charge in [0.1, 0.15) is 23.3 Å². The summed E-state index contributed by atoms with van der Waals surface area (Å²) in [4.78, 5) is 45.8. The number of carbonyl (C=O) groups excluding carboxylic acids is 3. The molecular formula is C33H36N2O7. The number of anilines is 1. The molecule has 6 atom stereocenters. The summed E-state index contributed by atoms with van der Waals surface area (Å²) in [5.41, 5.74) is 0.142. The van der Waals surface area contributed by atoms with Crippen LogP contribution in [0.5, 0.6) is 5.75 Å². The lowest BCUT2D eigenvalue weighted by Gasteiger charge is -2.38. The summed E-state index contributed by atoms with van der Waals surface area (Å²) < 4.78 is 17.7. The second-order valence-corrected chi connectivity index (χ2v) is 11.3. The standard InChI is InChI=1S/C33H36N2O7/c1-40-25-15-13-23(14-16-25)34-18-9-17-33-28(27-26(42-33)12-7-2-3-8-19-41-32(27)39)30(37)35(29(33)31(34)38)24(21-36)20-22-10-5-4-6-11-22/h4-7,9-17,24,26-29,36H,2-3,8,18-21H2,1H3/b12-7-/t24-,26+,27-,28+,29?,33+/m1/s1. The molecule has 1 N–H and O–H groups in total. The summed E-state index contributed by atoms with van der Waals surface area (Å²) in [6.07, 6.45) is 9.48. The lowest BCUT2D eigenvalue weighted by atomic mass is 9.78. The molecule has 2 aromatic rings. The molecule has 1 spiro atoms. The van der Waals surface area contributed by atoms with Crippen LogP contribution >= 0.6 is 0 Å². The van der Waals surface area contributed by atoms with Crippen LogP contribution in [0.1, 0.15) is 24.8 Å². The van der Waals surface area contributed by atoms with Crippen LogP contribution in [0, 0.1) is 11.8 Å². The highest BCUT2D eigenvalue weighted by Gasteiger charge is 2.72. The normalized spacial score (nSPS) is 30.6. The molecule has 0 saturated carbocycles. The van der Waals surface area contributed by atoms with Gasteiger partial charge in [-0.25, -0.2) is 0 Å². The average molecular weight is 573 g/mol. The summed E-state index contributed by atoms with van der Waals surface area (Å²) in [7, 11) is 1.58. The van der Waals surface area contributed by atoms with E-state index in [4.69, 9.17) is 14.2 Å². The molecule has 4 aliphatic heterocycles. The lowest BCUT2D eigenvalue weighted by Crippen LogP contribution is -2.58. The van der Waals surface area contributed by atoms with E-state index in [1.807, 2.05) is 48.6 Å². The maximum absolute atomic E-state index is 14.6. The van der Waals surface area contributed by atoms with Gasteiger partial charge in [0.2, 0.25) is 5.91 Å². The predicted octanol–water partition coefficient (Wildman–Crippen LogP) is 3.07. The van der Waals surface area contributed by atoms with E-state index in [-0.39, 0.29) is 31.6 Å². The Morgan fingerprint density at radius 1 is 1.02 bits per heavy atom. The van der Waals surface area contributed by atoms with Gasteiger partial charge in [-0.3, -0.25) is 14.4 Å². The van der Waals surface area contributed by atoms with Gasteiger partial charge in [0.05, 0.1) is 38.4 Å². The van der Waals surface area contributed by atoms with Crippen LogP contribution in [-0.2, 0) is 30.3 Å². The summed E-state index contributed by atoms with van der Waals surface area (Å²) in [6, 6.07) is 14.9. The minimum absolute atomic E-state index is 0.250. The minimum atomic E-state index is -1.41. The molecule has 0 bridgehead atoms. The fraction of sp³-hybridized carbons (Fsp3) is 0.424. The highest BCUT2D eigenvalue weighted by molar-refractivity contribution is 6.05. The molecule has 9 nitrogen and oxygen atoms in total. The van der Waals surface area contributed by atoms with Gasteiger partial charge >= 0.3 is 5.97 Å². The third-order valence-electron chi connectivity index (χ3n) is 8.84. The maximum Gasteiger partial charge on any atom is 0.312 e. The first-order valence-corrected chi connectivity index (χ1v) is 14.6. The van der Waals surface area contributed by atoms with E-state index >= 15 is 0 Å². The van der Waals surface area contributed by atoms with Gasteiger partial charge in [-0.15, -0.1) is 0 Å². The van der Waals surface area contributed by atoms with E-state index in [2.05, 4.69) is 0 Å². The Hall–Kier alpha value is -3.95. The van der Waals surface area contributed by atoms with Gasteiger partial charge < -0.3 is 29.1 Å². The van der Waals surface area contributed by atoms with Crippen LogP contribution < -0.4 is 9.64 Å². The Morgan fingerprint density at radius 3 is 2.55 bits per heavy atom. The maximum atomic E-state index is 14.6. The molecule has 1 unspecified atom stereocenters. The van der Waals surface area contributed by atoms with Crippen LogP contribution in [0.2, 0.25) is 0 Å². The molecule has 220 valence electrons. The zero-order chi connectivity index (χ0) is 29.3. The van der Waals surface area contributed by atoms with Crippen molar-refractivity contribution in [3.63, 3.8) is 0 Å². The second-order valence-electron chi connectivity index (χ2n) is 11.3. The molecule has 2 saturated heterocycles. The molecule has 0 aliphatic carbocycles. The Kier molecular flexibility index (Phi) is 7.88. The van der Waals surface area contributed by atoms with E-state index in [1.54, 1.807) is 42.4 Å². The Labute approximate surface area is 245 Å². The summed E-state index contributed by atoms with van der Waals surface area (Å²) in [5.74, 6) is -2.47. The van der Waals surface area contributed by atoms with Crippen molar-refractivity contribution in [1.82, 2.24) is 4.90 Å². The van der Waals surface area contributed by atoms with Crippen molar-refractivity contribution >= 4 is 23.5 Å². The molecule has 0 aromatic heterocycles. The van der Waals surface area contributed by atoms with Gasteiger partial charge in [-0.05, 0) is 55.5 Å². The highest BCUT2D eigenvalue weighted by Crippen LogP contribution is 2.54. The smallest absolute Gasteiger partial charge is 0.312 e. The molecule has 4 heterocycles. The van der Waals surface area contributed by atoms with Crippen LogP contribution in [0.3, 0.4) is 0 Å². The fourth-order valence-corrected chi connectivity index (χ4v) is 6.88. The largest absolute Gasteiger partial charge is 0.497 e. The predicted molar refractivity (Wildman–Crippen MR) is 155 cm³/mol. The molecule has 4 aliphatic rings. The zero-order valence-electron chi connectivity index (χ0n) is 23.6. The number of amides is 2. The molecule has 42 heavy (non-hydrogen) atoms. The van der Waals surface area contributed by atoms with E-state index in [0.29, 0.717) is 17.9 Å². The number of rotatable bonds is 6. The Balaban J connectivity index is 1.46. The number of aliphatic hydroxyl groups excluding tert-OH is 1. The third-order valence-corrected chi connectivity index (χ3v) is 8.84. The van der Waals surface area contributed by atoms with E-state index in [1.165, 1.54) is 4.90 Å². The first-order chi connectivity index (χ1) is 20.5. The molecule has 0 radical (unpaired) electrons. The Morgan fingerprint density at radius 2 is 1.81 bits per heavy atom. The number of cyclic esters (lactones) is 1. The number of benzene rings is 2. The van der Waals surface area contributed by atoms with Gasteiger partial charge in [-0.2, -0.15) is 0 Å². The number of hydrogen-bond donors (Lipinski definition) is 1. The summed E-state index contributed by atoms with van der Waals surface area (Å²) >= 11 is 0. The van der Waals surface area contributed by atoms with Crippen molar-refractivity contribution in [2.45, 2.75) is 49.5 Å². The SMILES string of the molecule is COc1ccc(N2CC=C[C@]34O[C@H]5/C=C\CCCCOC(=O)[C@H]5[C@H]3C(=O)N([C@@H](CO)Cc3ccccc3)C4C2=O)cc1. The average Bonchev–Trinajstić information content (AvgIpc) is 3.41. The quantitative estimate of drug-likeness (QED) is 0.419. The monoisotopic (exact) mass is 572 g/mol. The Bertz CT molecular complexity index is 1370. The molecule has 2 amide bonds. The van der Waals surface area contributed by atoms with Crippen LogP contribution in [0.25, 0.3) is 0 Å². The van der Waals surface area contributed by atoms with Crippen molar-refractivity contribution in [2.24, 2.45) is 11.8 Å². The molecule has 9 heteroatoms. The van der Waals surface area contributed by atoms with Crippen molar-refractivity contribution in [2.75, 3.05) is 31.8 Å². The van der Waals surface area contributed by atoms with Gasteiger partial charge in [0.25, 0.3) is 5.91 Å². The van der Waals surface area contributed by atoms with E-state index in [0.717, 1.165) is 24.8 Å². The van der Waals surface area contributed by atoms with Crippen molar-refractivity contribution in [1.29, 1.82) is 0 Å². The molecule has 2 fully saturated rings. The topological polar surface area (TPSA) is 106 Å². The van der Waals surface area contributed by atoms with Crippen molar-refractivity contribution in [3.8, 4) is 5.75 Å². The number of nitrogens with zero attached hydrogens (tertiary/aromatic N) is 2. The molecular weight excluding hydrogens is 536 g/mol. The van der Waals surface area contributed by atoms with E-state index < -0.39 is 41.6 Å². The van der Waals surface area contributed by atoms with E-state index in [9.17, 15) is 19.5 Å². The highest BCUT2D eigenvalue weighted by atomic mass is 16.6. The number of esters is 1. The van der Waals surface area contributed by atoms with Crippen LogP contribution in [0.15, 0.2) is 78.9 Å². The number of ether oxygens (including phenoxy) is 3. The second kappa shape index (κ2) is 11.7. The summed E-state index contributed by atoms with van der Waals surface area (Å²) in [5, 5.41) is 10.7. The summed E-state index contributed by atoms with van der Waals surface area (Å²) in [6.45, 7) is 0.155. The number of methoxy groups -OCH3 is 1. The number of carbonyl (C=O) groups is 3. The zero-order valence-corrected chi connectivity index (χ0v) is 23.6. The molecule has 6 rings (SSSR count). The van der Waals surface area contributed by atoms with Crippen LogP contribution in [-0.4, -0.2) is 78.4 Å². The number of allylic oxidation sites excluding steroid dienone is 1. The van der Waals surface area contributed by atoms with Gasteiger partial charge in [0.15, 0.2) is 0 Å². The van der Waals surface area contributed by atoms with Crippen molar-refractivity contribution in [3.05, 3.63) is 84.5 Å². The first kappa shape index (κ1) is 28.2. The van der Waals surface area contributed by atoms with Crippen LogP contribution in [0.4, 0.5) is 5.69 Å². The van der Waals surface area contributed by atoms with Crippen molar-refractivity contribution < 1.29 is 33.7 Å². The third kappa shape index (κ3) is 4.80. The van der Waals surface area contributed by atoms with Gasteiger partial charge in [-0.1, -0.05) is 54.6 Å². The first-order valence-electron chi connectivity index (χ1n) is 14.6. The number of aliphatic hydroxyl groups is 1. The number of likely N-dealkylation sites (tertiary alicyclic amines) is 1. The number of hydrogen-bond acceptors (Lipinski definition) is 7. The fourth-order valence-electron chi connectivity index (χ4n) is 6.88. The molecule has 2 aromatic carbocycles. The lowest BCUT2D eigenvalue weighted by molar-refractivity contribution is -0.155. The van der Waals surface area contributed by atoms with Gasteiger partial charge in [0, 0.05) is 12.2 Å². The number of fused-ring (bicyclic) bond motifs is 2. The minimum Gasteiger partial charge on any atom is -0.497 e.